The van der Waals surface area contributed by atoms with Crippen molar-refractivity contribution in [3.63, 3.8) is 0 Å². The zero-order chi connectivity index (χ0) is 16.6. The Kier molecular flexibility index (Phi) is 5.61. The van der Waals surface area contributed by atoms with E-state index in [0.717, 1.165) is 11.6 Å². The standard InChI is InChI=1S/C18H22N4O2/c23-18(12-13-24-15-8-2-1-3-9-15)20-17-11-10-16(21-22-17)19-14-6-4-5-7-14/h1-3,8-11,14H,4-7,12-13H2,(H,19,21)(H,20,22,23). The van der Waals surface area contributed by atoms with Gasteiger partial charge in [0, 0.05) is 6.04 Å². The Hall–Kier alpha value is -2.63. The Labute approximate surface area is 141 Å². The van der Waals surface area contributed by atoms with Crippen molar-refractivity contribution in [2.24, 2.45) is 0 Å². The lowest BCUT2D eigenvalue weighted by molar-refractivity contribution is -0.116. The molecule has 0 radical (unpaired) electrons. The molecule has 0 atom stereocenters. The van der Waals surface area contributed by atoms with E-state index < -0.39 is 0 Å². The minimum Gasteiger partial charge on any atom is -0.493 e. The third kappa shape index (κ3) is 4.94. The quantitative estimate of drug-likeness (QED) is 0.817. The van der Waals surface area contributed by atoms with E-state index in [0.29, 0.717) is 18.5 Å². The molecule has 0 spiro atoms. The van der Waals surface area contributed by atoms with E-state index in [1.54, 1.807) is 6.07 Å². The molecule has 2 N–H and O–H groups in total. The predicted octanol–water partition coefficient (Wildman–Crippen LogP) is 3.24. The number of rotatable bonds is 7. The van der Waals surface area contributed by atoms with E-state index in [2.05, 4.69) is 20.8 Å². The molecule has 1 aliphatic rings. The zero-order valence-electron chi connectivity index (χ0n) is 13.6. The fourth-order valence-corrected chi connectivity index (χ4v) is 2.74. The van der Waals surface area contributed by atoms with E-state index in [1.165, 1.54) is 25.7 Å². The van der Waals surface area contributed by atoms with Crippen molar-refractivity contribution in [2.45, 2.75) is 38.1 Å². The third-order valence-electron chi connectivity index (χ3n) is 3.98. The van der Waals surface area contributed by atoms with Gasteiger partial charge < -0.3 is 15.4 Å². The highest BCUT2D eigenvalue weighted by molar-refractivity contribution is 5.89. The third-order valence-corrected chi connectivity index (χ3v) is 3.98. The highest BCUT2D eigenvalue weighted by Gasteiger charge is 2.15. The summed E-state index contributed by atoms with van der Waals surface area (Å²) in [7, 11) is 0. The van der Waals surface area contributed by atoms with Crippen LogP contribution in [0.2, 0.25) is 0 Å². The first-order valence-electron chi connectivity index (χ1n) is 8.37. The van der Waals surface area contributed by atoms with Gasteiger partial charge in [-0.15, -0.1) is 10.2 Å². The second-order valence-electron chi connectivity index (χ2n) is 5.89. The largest absolute Gasteiger partial charge is 0.493 e. The van der Waals surface area contributed by atoms with Crippen molar-refractivity contribution < 1.29 is 9.53 Å². The van der Waals surface area contributed by atoms with Gasteiger partial charge in [-0.3, -0.25) is 4.79 Å². The number of hydrogen-bond acceptors (Lipinski definition) is 5. The van der Waals surface area contributed by atoms with Gasteiger partial charge in [-0.25, -0.2) is 0 Å². The maximum Gasteiger partial charge on any atom is 0.229 e. The Morgan fingerprint density at radius 2 is 1.75 bits per heavy atom. The topological polar surface area (TPSA) is 76.1 Å². The molecule has 126 valence electrons. The number of hydrogen-bond donors (Lipinski definition) is 2. The van der Waals surface area contributed by atoms with Crippen LogP contribution in [0.25, 0.3) is 0 Å². The molecular weight excluding hydrogens is 304 g/mol. The molecule has 1 aromatic heterocycles. The predicted molar refractivity (Wildman–Crippen MR) is 93.1 cm³/mol. The molecule has 1 fully saturated rings. The first-order valence-corrected chi connectivity index (χ1v) is 8.37. The van der Waals surface area contributed by atoms with Gasteiger partial charge in [0.15, 0.2) is 5.82 Å². The van der Waals surface area contributed by atoms with E-state index in [9.17, 15) is 4.79 Å². The molecule has 1 aromatic carbocycles. The second-order valence-corrected chi connectivity index (χ2v) is 5.89. The number of carbonyl (C=O) groups excluding carboxylic acids is 1. The lowest BCUT2D eigenvalue weighted by atomic mass is 10.2. The molecule has 0 unspecified atom stereocenters. The summed E-state index contributed by atoms with van der Waals surface area (Å²) < 4.78 is 5.50. The van der Waals surface area contributed by atoms with Crippen molar-refractivity contribution in [3.8, 4) is 5.75 Å². The van der Waals surface area contributed by atoms with Crippen LogP contribution in [-0.4, -0.2) is 28.8 Å². The van der Waals surface area contributed by atoms with Crippen LogP contribution in [-0.2, 0) is 4.79 Å². The van der Waals surface area contributed by atoms with Crippen LogP contribution in [0.5, 0.6) is 5.75 Å². The number of benzene rings is 1. The van der Waals surface area contributed by atoms with Crippen LogP contribution in [0.15, 0.2) is 42.5 Å². The molecule has 2 aromatic rings. The minimum absolute atomic E-state index is 0.142. The highest BCUT2D eigenvalue weighted by atomic mass is 16.5. The summed E-state index contributed by atoms with van der Waals surface area (Å²) >= 11 is 0. The van der Waals surface area contributed by atoms with E-state index >= 15 is 0 Å². The Morgan fingerprint density at radius 3 is 2.46 bits per heavy atom. The average molecular weight is 326 g/mol. The number of amides is 1. The summed E-state index contributed by atoms with van der Waals surface area (Å²) in [6.07, 6.45) is 5.16. The number of anilines is 2. The number of para-hydroxylation sites is 1. The Bertz CT molecular complexity index is 640. The van der Waals surface area contributed by atoms with Gasteiger partial charge in [-0.05, 0) is 37.1 Å². The van der Waals surface area contributed by atoms with Gasteiger partial charge in [0.05, 0.1) is 13.0 Å². The fourth-order valence-electron chi connectivity index (χ4n) is 2.74. The van der Waals surface area contributed by atoms with Gasteiger partial charge in [0.25, 0.3) is 0 Å². The molecule has 1 saturated carbocycles. The van der Waals surface area contributed by atoms with Gasteiger partial charge >= 0.3 is 0 Å². The van der Waals surface area contributed by atoms with E-state index in [4.69, 9.17) is 4.74 Å². The lowest BCUT2D eigenvalue weighted by Gasteiger charge is -2.12. The van der Waals surface area contributed by atoms with Crippen LogP contribution in [0, 0.1) is 0 Å². The molecule has 6 nitrogen and oxygen atoms in total. The van der Waals surface area contributed by atoms with Crippen molar-refractivity contribution >= 4 is 17.5 Å². The van der Waals surface area contributed by atoms with Gasteiger partial charge in [-0.2, -0.15) is 0 Å². The number of aromatic nitrogens is 2. The molecule has 3 rings (SSSR count). The van der Waals surface area contributed by atoms with Crippen molar-refractivity contribution in [1.82, 2.24) is 10.2 Å². The van der Waals surface area contributed by atoms with Gasteiger partial charge in [0.1, 0.15) is 11.6 Å². The first-order chi connectivity index (χ1) is 11.8. The van der Waals surface area contributed by atoms with Gasteiger partial charge in [-0.1, -0.05) is 31.0 Å². The maximum atomic E-state index is 11.9. The van der Waals surface area contributed by atoms with Crippen LogP contribution < -0.4 is 15.4 Å². The minimum atomic E-state index is -0.142. The van der Waals surface area contributed by atoms with Crippen molar-refractivity contribution in [2.75, 3.05) is 17.2 Å². The Balaban J connectivity index is 1.40. The van der Waals surface area contributed by atoms with Crippen LogP contribution in [0.3, 0.4) is 0 Å². The lowest BCUT2D eigenvalue weighted by Crippen LogP contribution is -2.18. The normalized spacial score (nSPS) is 14.3. The molecule has 1 aliphatic carbocycles. The molecule has 6 heteroatoms. The molecular formula is C18H22N4O2. The SMILES string of the molecule is O=C(CCOc1ccccc1)Nc1ccc(NC2CCCC2)nn1. The van der Waals surface area contributed by atoms with Crippen molar-refractivity contribution in [3.05, 3.63) is 42.5 Å². The van der Waals surface area contributed by atoms with Crippen LogP contribution >= 0.6 is 0 Å². The summed E-state index contributed by atoms with van der Waals surface area (Å²) in [4.78, 5) is 11.9. The zero-order valence-corrected chi connectivity index (χ0v) is 13.6. The summed E-state index contributed by atoms with van der Waals surface area (Å²) in [6.45, 7) is 0.324. The summed E-state index contributed by atoms with van der Waals surface area (Å²) in [5.41, 5.74) is 0. The van der Waals surface area contributed by atoms with Gasteiger partial charge in [0.2, 0.25) is 5.91 Å². The molecule has 0 aliphatic heterocycles. The summed E-state index contributed by atoms with van der Waals surface area (Å²) in [5.74, 6) is 1.83. The first kappa shape index (κ1) is 16.2. The number of nitrogens with one attached hydrogen (secondary N) is 2. The monoisotopic (exact) mass is 326 g/mol. The van der Waals surface area contributed by atoms with E-state index in [-0.39, 0.29) is 12.3 Å². The van der Waals surface area contributed by atoms with Crippen LogP contribution in [0.4, 0.5) is 11.6 Å². The smallest absolute Gasteiger partial charge is 0.229 e. The molecule has 1 amide bonds. The summed E-state index contributed by atoms with van der Waals surface area (Å²) in [6, 6.07) is 13.5. The molecule has 24 heavy (non-hydrogen) atoms. The number of nitrogens with zero attached hydrogens (tertiary/aromatic N) is 2. The molecule has 0 saturated heterocycles. The maximum absolute atomic E-state index is 11.9. The number of ether oxygens (including phenoxy) is 1. The van der Waals surface area contributed by atoms with E-state index in [1.807, 2.05) is 36.4 Å². The molecule has 0 bridgehead atoms. The highest BCUT2D eigenvalue weighted by Crippen LogP contribution is 2.21. The average Bonchev–Trinajstić information content (AvgIpc) is 3.11. The van der Waals surface area contributed by atoms with Crippen LogP contribution in [0.1, 0.15) is 32.1 Å². The number of carbonyl (C=O) groups is 1. The molecule has 1 heterocycles. The second kappa shape index (κ2) is 8.29. The fraction of sp³-hybridized carbons (Fsp3) is 0.389. The Morgan fingerprint density at radius 1 is 1.04 bits per heavy atom. The van der Waals surface area contributed by atoms with Crippen molar-refractivity contribution in [1.29, 1.82) is 0 Å². The summed E-state index contributed by atoms with van der Waals surface area (Å²) in [5, 5.41) is 14.3.